The van der Waals surface area contributed by atoms with E-state index >= 15 is 0 Å². The normalized spacial score (nSPS) is 16.7. The molecule has 1 aromatic rings. The Labute approximate surface area is 133 Å². The van der Waals surface area contributed by atoms with E-state index in [0.717, 1.165) is 6.26 Å². The van der Waals surface area contributed by atoms with E-state index in [1.54, 1.807) is 0 Å². The van der Waals surface area contributed by atoms with Crippen LogP contribution in [0.15, 0.2) is 29.2 Å². The number of aliphatic hydroxyl groups is 3. The summed E-state index contributed by atoms with van der Waals surface area (Å²) in [4.78, 5) is -1.01. The van der Waals surface area contributed by atoms with Crippen molar-refractivity contribution in [3.05, 3.63) is 29.8 Å². The van der Waals surface area contributed by atoms with E-state index in [0.29, 0.717) is 5.56 Å². The third-order valence-electron chi connectivity index (χ3n) is 2.85. The Hall–Kier alpha value is -0.410. The molecule has 0 unspecified atom stereocenters. The minimum absolute atomic E-state index is 0.119. The lowest BCUT2D eigenvalue weighted by Gasteiger charge is -2.26. The van der Waals surface area contributed by atoms with E-state index in [9.17, 15) is 23.7 Å². The summed E-state index contributed by atoms with van der Waals surface area (Å²) in [5, 5.41) is 31.4. The first-order valence-electron chi connectivity index (χ1n) is 5.98. The van der Waals surface area contributed by atoms with E-state index in [1.807, 2.05) is 0 Å². The van der Waals surface area contributed by atoms with Crippen molar-refractivity contribution < 1.29 is 23.7 Å². The second-order valence-electron chi connectivity index (χ2n) is 4.52. The summed E-state index contributed by atoms with van der Waals surface area (Å²) in [6, 6.07) is 4.65. The molecule has 0 aliphatic rings. The monoisotopic (exact) mass is 357 g/mol. The van der Waals surface area contributed by atoms with Gasteiger partial charge in [0.05, 0.1) is 23.6 Å². The summed E-state index contributed by atoms with van der Waals surface area (Å²) in [5.74, 6) is 0. The molecule has 0 saturated heterocycles. The fraction of sp³-hybridized carbons (Fsp3) is 0.500. The standard InChI is InChI=1S/C12H17Cl2NO5S/c1-21(19,20)8-4-2-7(3-5-8)10(17)9(6-16)15-12(18)11(13)14/h2-5,9-12,15-18H,6H2,1H3/t9-,10-,12-/m1/s1. The van der Waals surface area contributed by atoms with Crippen molar-refractivity contribution in [1.82, 2.24) is 5.32 Å². The smallest absolute Gasteiger partial charge is 0.175 e. The molecule has 4 N–H and O–H groups in total. The molecule has 0 aliphatic carbocycles. The van der Waals surface area contributed by atoms with E-state index in [1.165, 1.54) is 24.3 Å². The number of alkyl halides is 2. The predicted octanol–water partition coefficient (Wildman–Crippen LogP) is 0.196. The summed E-state index contributed by atoms with van der Waals surface area (Å²) >= 11 is 10.9. The van der Waals surface area contributed by atoms with Crippen LogP contribution in [0.1, 0.15) is 11.7 Å². The van der Waals surface area contributed by atoms with Gasteiger partial charge >= 0.3 is 0 Å². The Morgan fingerprint density at radius 1 is 1.19 bits per heavy atom. The fourth-order valence-corrected chi connectivity index (χ4v) is 2.46. The van der Waals surface area contributed by atoms with E-state index in [-0.39, 0.29) is 4.90 Å². The van der Waals surface area contributed by atoms with E-state index in [4.69, 9.17) is 23.2 Å². The summed E-state index contributed by atoms with van der Waals surface area (Å²) in [6.45, 7) is -0.480. The van der Waals surface area contributed by atoms with Crippen LogP contribution in [0, 0.1) is 0 Å². The molecule has 0 aromatic heterocycles. The third kappa shape index (κ3) is 5.37. The van der Waals surface area contributed by atoms with E-state index in [2.05, 4.69) is 5.32 Å². The molecule has 9 heteroatoms. The van der Waals surface area contributed by atoms with Gasteiger partial charge in [-0.15, -0.1) is 23.2 Å². The fourth-order valence-electron chi connectivity index (χ4n) is 1.68. The van der Waals surface area contributed by atoms with Crippen molar-refractivity contribution >= 4 is 33.0 Å². The Morgan fingerprint density at radius 3 is 2.10 bits per heavy atom. The van der Waals surface area contributed by atoms with Crippen molar-refractivity contribution in [1.29, 1.82) is 0 Å². The van der Waals surface area contributed by atoms with Gasteiger partial charge in [0.2, 0.25) is 0 Å². The summed E-state index contributed by atoms with van der Waals surface area (Å²) in [7, 11) is -3.32. The van der Waals surface area contributed by atoms with Crippen molar-refractivity contribution in [3.63, 3.8) is 0 Å². The number of halogens is 2. The molecule has 0 bridgehead atoms. The molecular weight excluding hydrogens is 341 g/mol. The van der Waals surface area contributed by atoms with Gasteiger partial charge < -0.3 is 15.3 Å². The lowest BCUT2D eigenvalue weighted by atomic mass is 10.0. The van der Waals surface area contributed by atoms with Crippen LogP contribution in [-0.4, -0.2) is 53.7 Å². The van der Waals surface area contributed by atoms with Gasteiger partial charge in [-0.3, -0.25) is 5.32 Å². The zero-order valence-corrected chi connectivity index (χ0v) is 13.5. The molecule has 120 valence electrons. The molecule has 1 rings (SSSR count). The Morgan fingerprint density at radius 2 is 1.71 bits per heavy atom. The number of sulfone groups is 1. The van der Waals surface area contributed by atoms with Crippen LogP contribution < -0.4 is 5.32 Å². The molecule has 21 heavy (non-hydrogen) atoms. The van der Waals surface area contributed by atoms with Crippen molar-refractivity contribution in [2.75, 3.05) is 12.9 Å². The van der Waals surface area contributed by atoms with Gasteiger partial charge in [0.25, 0.3) is 0 Å². The van der Waals surface area contributed by atoms with Gasteiger partial charge in [-0.2, -0.15) is 0 Å². The number of rotatable bonds is 7. The average molecular weight is 358 g/mol. The number of benzene rings is 1. The number of hydrogen-bond donors (Lipinski definition) is 4. The first-order chi connectivity index (χ1) is 9.66. The summed E-state index contributed by atoms with van der Waals surface area (Å²) in [6.07, 6.45) is -1.42. The van der Waals surface area contributed by atoms with Crippen LogP contribution in [-0.2, 0) is 9.84 Å². The first-order valence-corrected chi connectivity index (χ1v) is 8.74. The molecule has 0 saturated carbocycles. The maximum Gasteiger partial charge on any atom is 0.175 e. The highest BCUT2D eigenvalue weighted by Gasteiger charge is 2.25. The zero-order chi connectivity index (χ0) is 16.2. The zero-order valence-electron chi connectivity index (χ0n) is 11.1. The number of aliphatic hydroxyl groups excluding tert-OH is 3. The van der Waals surface area contributed by atoms with Gasteiger partial charge in [-0.05, 0) is 17.7 Å². The molecule has 0 fully saturated rings. The van der Waals surface area contributed by atoms with Crippen molar-refractivity contribution in [2.45, 2.75) is 28.1 Å². The first kappa shape index (κ1) is 18.6. The highest BCUT2D eigenvalue weighted by molar-refractivity contribution is 7.90. The molecule has 0 radical (unpaired) electrons. The predicted molar refractivity (Wildman–Crippen MR) is 80.0 cm³/mol. The molecule has 3 atom stereocenters. The molecule has 0 amide bonds. The van der Waals surface area contributed by atoms with Crippen LogP contribution >= 0.6 is 23.2 Å². The average Bonchev–Trinajstić information content (AvgIpc) is 2.42. The van der Waals surface area contributed by atoms with Gasteiger partial charge in [-0.25, -0.2) is 8.42 Å². The molecule has 1 aromatic carbocycles. The summed E-state index contributed by atoms with van der Waals surface area (Å²) < 4.78 is 22.7. The van der Waals surface area contributed by atoms with Gasteiger partial charge in [-0.1, -0.05) is 12.1 Å². The van der Waals surface area contributed by atoms with Crippen molar-refractivity contribution in [2.24, 2.45) is 0 Å². The van der Waals surface area contributed by atoms with Crippen molar-refractivity contribution in [3.8, 4) is 0 Å². The molecule has 0 spiro atoms. The Balaban J connectivity index is 2.88. The van der Waals surface area contributed by atoms with Crippen LogP contribution in [0.3, 0.4) is 0 Å². The third-order valence-corrected chi connectivity index (χ3v) is 4.46. The Bertz CT molecular complexity index is 549. The molecule has 0 aliphatic heterocycles. The van der Waals surface area contributed by atoms with Crippen LogP contribution in [0.25, 0.3) is 0 Å². The SMILES string of the molecule is CS(=O)(=O)c1ccc([C@@H](O)[C@@H](CO)N[C@H](O)C(Cl)Cl)cc1. The van der Waals surface area contributed by atoms with Gasteiger partial charge in [0.1, 0.15) is 11.1 Å². The minimum Gasteiger partial charge on any atom is -0.395 e. The molecule has 0 heterocycles. The highest BCUT2D eigenvalue weighted by Crippen LogP contribution is 2.20. The van der Waals surface area contributed by atoms with Gasteiger partial charge in [0, 0.05) is 6.26 Å². The van der Waals surface area contributed by atoms with Crippen LogP contribution in [0.2, 0.25) is 0 Å². The highest BCUT2D eigenvalue weighted by atomic mass is 35.5. The maximum atomic E-state index is 11.3. The number of hydrogen-bond acceptors (Lipinski definition) is 6. The summed E-state index contributed by atoms with van der Waals surface area (Å²) in [5.41, 5.74) is 0.377. The topological polar surface area (TPSA) is 107 Å². The minimum atomic E-state index is -3.32. The lowest BCUT2D eigenvalue weighted by Crippen LogP contribution is -2.47. The quantitative estimate of drug-likeness (QED) is 0.410. The largest absolute Gasteiger partial charge is 0.395 e. The van der Waals surface area contributed by atoms with Gasteiger partial charge in [0.15, 0.2) is 9.84 Å². The maximum absolute atomic E-state index is 11.3. The Kier molecular flexibility index (Phi) is 6.86. The molecular formula is C12H17Cl2NO5S. The van der Waals surface area contributed by atoms with Crippen LogP contribution in [0.4, 0.5) is 0 Å². The molecule has 6 nitrogen and oxygen atoms in total. The second kappa shape index (κ2) is 7.73. The second-order valence-corrected chi connectivity index (χ2v) is 7.70. The van der Waals surface area contributed by atoms with Crippen LogP contribution in [0.5, 0.6) is 0 Å². The lowest BCUT2D eigenvalue weighted by molar-refractivity contribution is 0.0449. The van der Waals surface area contributed by atoms with E-state index < -0.39 is 39.7 Å². The number of nitrogens with one attached hydrogen (secondary N) is 1.